The van der Waals surface area contributed by atoms with Gasteiger partial charge in [-0.2, -0.15) is 0 Å². The van der Waals surface area contributed by atoms with Crippen LogP contribution in [0.15, 0.2) is 44.8 Å². The van der Waals surface area contributed by atoms with Gasteiger partial charge in [-0.3, -0.25) is 4.79 Å². The lowest BCUT2D eigenvalue weighted by Gasteiger charge is -2.02. The molecule has 0 atom stereocenters. The first-order valence-corrected chi connectivity index (χ1v) is 9.66. The second kappa shape index (κ2) is 6.69. The molecule has 0 fully saturated rings. The zero-order valence-electron chi connectivity index (χ0n) is 14.0. The number of benzene rings is 1. The molecule has 0 bridgehead atoms. The number of halogens is 1. The normalized spacial score (nSPS) is 11.3. The summed E-state index contributed by atoms with van der Waals surface area (Å²) in [5.74, 6) is 0.996. The minimum atomic E-state index is -0.306. The monoisotopic (exact) mass is 387 g/mol. The minimum absolute atomic E-state index is 0.197. The molecule has 0 spiro atoms. The Bertz CT molecular complexity index is 1150. The summed E-state index contributed by atoms with van der Waals surface area (Å²) in [6.07, 6.45) is 0. The Kier molecular flexibility index (Phi) is 4.37. The van der Waals surface area contributed by atoms with Crippen molar-refractivity contribution in [2.45, 2.75) is 24.8 Å². The van der Waals surface area contributed by atoms with Crippen molar-refractivity contribution in [1.82, 2.24) is 15.1 Å². The van der Waals surface area contributed by atoms with Crippen LogP contribution in [0, 0.1) is 19.7 Å². The fourth-order valence-electron chi connectivity index (χ4n) is 2.76. The summed E-state index contributed by atoms with van der Waals surface area (Å²) in [6.45, 7) is 3.77. The summed E-state index contributed by atoms with van der Waals surface area (Å²) in [5.41, 5.74) is 2.21. The third kappa shape index (κ3) is 3.17. The van der Waals surface area contributed by atoms with Gasteiger partial charge >= 0.3 is 0 Å². The fraction of sp³-hybridized carbons (Fsp3) is 0.167. The molecule has 8 heteroatoms. The van der Waals surface area contributed by atoms with Crippen LogP contribution in [0.25, 0.3) is 21.3 Å². The Morgan fingerprint density at radius 1 is 1.27 bits per heavy atom. The standard InChI is InChI=1S/C18H14FN3O2S2/c1-9-7-13(22-24-9)8-25-18-20-16(23)15-14(10(2)26-17(15)21-18)11-3-5-12(19)6-4-11/h3-7H,8H2,1-2H3,(H,20,21,23). The van der Waals surface area contributed by atoms with Crippen molar-refractivity contribution >= 4 is 33.3 Å². The van der Waals surface area contributed by atoms with E-state index in [2.05, 4.69) is 15.1 Å². The number of thiophene rings is 1. The first-order valence-electron chi connectivity index (χ1n) is 7.85. The lowest BCUT2D eigenvalue weighted by atomic mass is 10.0. The number of fused-ring (bicyclic) bond motifs is 1. The molecule has 0 saturated heterocycles. The fourth-order valence-corrected chi connectivity index (χ4v) is 4.60. The maximum atomic E-state index is 13.2. The number of aromatic nitrogens is 3. The van der Waals surface area contributed by atoms with Crippen molar-refractivity contribution in [1.29, 1.82) is 0 Å². The van der Waals surface area contributed by atoms with Gasteiger partial charge in [0.15, 0.2) is 5.16 Å². The maximum absolute atomic E-state index is 13.2. The molecular weight excluding hydrogens is 373 g/mol. The van der Waals surface area contributed by atoms with Crippen LogP contribution < -0.4 is 5.56 Å². The number of aryl methyl sites for hydroxylation is 2. The molecule has 3 aromatic heterocycles. The molecule has 26 heavy (non-hydrogen) atoms. The number of rotatable bonds is 4. The molecule has 5 nitrogen and oxygen atoms in total. The van der Waals surface area contributed by atoms with Crippen molar-refractivity contribution < 1.29 is 8.91 Å². The van der Waals surface area contributed by atoms with Crippen LogP contribution in [-0.4, -0.2) is 15.1 Å². The van der Waals surface area contributed by atoms with Gasteiger partial charge in [-0.15, -0.1) is 11.3 Å². The number of H-pyrrole nitrogens is 1. The molecular formula is C18H14FN3O2S2. The van der Waals surface area contributed by atoms with Crippen LogP contribution in [0.5, 0.6) is 0 Å². The molecule has 0 saturated carbocycles. The van der Waals surface area contributed by atoms with Crippen LogP contribution in [0.4, 0.5) is 4.39 Å². The Labute approximate surface area is 156 Å². The molecule has 0 aliphatic rings. The second-order valence-electron chi connectivity index (χ2n) is 5.81. The van der Waals surface area contributed by atoms with E-state index in [1.165, 1.54) is 35.2 Å². The molecule has 1 N–H and O–H groups in total. The van der Waals surface area contributed by atoms with Gasteiger partial charge in [-0.1, -0.05) is 29.1 Å². The van der Waals surface area contributed by atoms with Crippen LogP contribution >= 0.6 is 23.1 Å². The molecule has 0 radical (unpaired) electrons. The van der Waals surface area contributed by atoms with E-state index in [0.717, 1.165) is 27.5 Å². The van der Waals surface area contributed by atoms with E-state index in [4.69, 9.17) is 4.52 Å². The van der Waals surface area contributed by atoms with E-state index in [-0.39, 0.29) is 11.4 Å². The predicted octanol–water partition coefficient (Wildman–Crippen LogP) is 4.69. The zero-order chi connectivity index (χ0) is 18.3. The van der Waals surface area contributed by atoms with Gasteiger partial charge in [0.2, 0.25) is 0 Å². The SMILES string of the molecule is Cc1cc(CSc2nc3sc(C)c(-c4ccc(F)cc4)c3c(=O)[nH]2)no1. The number of nitrogens with one attached hydrogen (secondary N) is 1. The summed E-state index contributed by atoms with van der Waals surface area (Å²) in [5, 5.41) is 5.02. The number of aromatic amines is 1. The molecule has 1 aromatic carbocycles. The number of nitrogens with zero attached hydrogens (tertiary/aromatic N) is 2. The van der Waals surface area contributed by atoms with Gasteiger partial charge in [0.05, 0.1) is 11.1 Å². The smallest absolute Gasteiger partial charge is 0.260 e. The van der Waals surface area contributed by atoms with Crippen molar-refractivity contribution in [3.8, 4) is 11.1 Å². The number of thioether (sulfide) groups is 1. The predicted molar refractivity (Wildman–Crippen MR) is 101 cm³/mol. The van der Waals surface area contributed by atoms with E-state index >= 15 is 0 Å². The lowest BCUT2D eigenvalue weighted by molar-refractivity contribution is 0.393. The molecule has 4 aromatic rings. The van der Waals surface area contributed by atoms with Gasteiger partial charge in [0, 0.05) is 22.3 Å². The largest absolute Gasteiger partial charge is 0.361 e. The average molecular weight is 387 g/mol. The number of hydrogen-bond donors (Lipinski definition) is 1. The molecule has 0 aliphatic carbocycles. The van der Waals surface area contributed by atoms with E-state index in [1.54, 1.807) is 12.1 Å². The Morgan fingerprint density at radius 2 is 2.04 bits per heavy atom. The highest BCUT2D eigenvalue weighted by Crippen LogP contribution is 2.36. The van der Waals surface area contributed by atoms with E-state index < -0.39 is 0 Å². The molecule has 4 rings (SSSR count). The van der Waals surface area contributed by atoms with Crippen molar-refractivity contribution in [2.75, 3.05) is 0 Å². The van der Waals surface area contributed by atoms with Crippen LogP contribution in [0.3, 0.4) is 0 Å². The Balaban J connectivity index is 1.72. The quantitative estimate of drug-likeness (QED) is 0.406. The molecule has 0 aliphatic heterocycles. The van der Waals surface area contributed by atoms with Gasteiger partial charge < -0.3 is 9.51 Å². The first-order chi connectivity index (χ1) is 12.5. The average Bonchev–Trinajstić information content (AvgIpc) is 3.16. The van der Waals surface area contributed by atoms with E-state index in [1.807, 2.05) is 19.9 Å². The Morgan fingerprint density at radius 3 is 2.73 bits per heavy atom. The van der Waals surface area contributed by atoms with Crippen molar-refractivity contribution in [2.24, 2.45) is 0 Å². The highest BCUT2D eigenvalue weighted by molar-refractivity contribution is 7.98. The molecule has 132 valence electrons. The van der Waals surface area contributed by atoms with E-state index in [0.29, 0.717) is 21.1 Å². The summed E-state index contributed by atoms with van der Waals surface area (Å²) < 4.78 is 18.3. The summed E-state index contributed by atoms with van der Waals surface area (Å²) in [6, 6.07) is 8.00. The molecule has 3 heterocycles. The first kappa shape index (κ1) is 17.0. The van der Waals surface area contributed by atoms with Gasteiger partial charge in [0.25, 0.3) is 5.56 Å². The zero-order valence-corrected chi connectivity index (χ0v) is 15.6. The minimum Gasteiger partial charge on any atom is -0.361 e. The number of hydrogen-bond acceptors (Lipinski definition) is 6. The highest BCUT2D eigenvalue weighted by atomic mass is 32.2. The topological polar surface area (TPSA) is 71.8 Å². The van der Waals surface area contributed by atoms with Gasteiger partial charge in [-0.05, 0) is 31.5 Å². The summed E-state index contributed by atoms with van der Waals surface area (Å²) >= 11 is 2.86. The van der Waals surface area contributed by atoms with Crippen LogP contribution in [-0.2, 0) is 5.75 Å². The van der Waals surface area contributed by atoms with Crippen molar-refractivity contribution in [3.63, 3.8) is 0 Å². The second-order valence-corrected chi connectivity index (χ2v) is 7.98. The third-order valence-electron chi connectivity index (χ3n) is 3.88. The highest BCUT2D eigenvalue weighted by Gasteiger charge is 2.17. The van der Waals surface area contributed by atoms with Gasteiger partial charge in [0.1, 0.15) is 16.4 Å². The van der Waals surface area contributed by atoms with Crippen LogP contribution in [0.2, 0.25) is 0 Å². The van der Waals surface area contributed by atoms with Crippen molar-refractivity contribution in [3.05, 3.63) is 62.8 Å². The maximum Gasteiger partial charge on any atom is 0.260 e. The summed E-state index contributed by atoms with van der Waals surface area (Å²) in [4.78, 5) is 21.7. The third-order valence-corrected chi connectivity index (χ3v) is 5.79. The van der Waals surface area contributed by atoms with Crippen LogP contribution in [0.1, 0.15) is 16.3 Å². The molecule has 0 unspecified atom stereocenters. The van der Waals surface area contributed by atoms with Gasteiger partial charge in [-0.25, -0.2) is 9.37 Å². The summed E-state index contributed by atoms with van der Waals surface area (Å²) in [7, 11) is 0. The lowest BCUT2D eigenvalue weighted by Crippen LogP contribution is -2.08. The Hall–Kier alpha value is -2.45. The molecule has 0 amide bonds. The van der Waals surface area contributed by atoms with E-state index in [9.17, 15) is 9.18 Å².